The Labute approximate surface area is 170 Å². The first kappa shape index (κ1) is 22.1. The number of phenolic OH excluding ortho intramolecular Hbond substituents is 1. The van der Waals surface area contributed by atoms with Gasteiger partial charge in [-0.15, -0.1) is 11.3 Å². The summed E-state index contributed by atoms with van der Waals surface area (Å²) in [5, 5.41) is 14.3. The zero-order chi connectivity index (χ0) is 20.3. The van der Waals surface area contributed by atoms with E-state index >= 15 is 0 Å². The molecule has 2 aromatic carbocycles. The number of hydrogen-bond acceptors (Lipinski definition) is 3. The summed E-state index contributed by atoms with van der Waals surface area (Å²) in [5.41, 5.74) is 0.621. The molecule has 0 fully saturated rings. The molecule has 0 aliphatic carbocycles. The summed E-state index contributed by atoms with van der Waals surface area (Å²) in [5.74, 6) is 4.86. The number of phenols is 1. The van der Waals surface area contributed by atoms with E-state index in [9.17, 15) is 23.1 Å². The molecule has 2 N–H and O–H groups in total. The van der Waals surface area contributed by atoms with Crippen molar-refractivity contribution in [1.82, 2.24) is 0 Å². The molecule has 7 heteroatoms. The number of thiophene rings is 1. The number of alkyl halides is 3. The first-order valence-electron chi connectivity index (χ1n) is 8.11. The number of halogens is 3. The Hall–Kier alpha value is -3.24. The lowest BCUT2D eigenvalue weighted by molar-refractivity contribution is -0.137. The number of amides is 1. The molecular weight excluding hydrogens is 399 g/mol. The first-order chi connectivity index (χ1) is 13.2. The van der Waals surface area contributed by atoms with E-state index in [0.717, 1.165) is 22.6 Å². The van der Waals surface area contributed by atoms with Crippen LogP contribution in [0.1, 0.15) is 39.4 Å². The lowest BCUT2D eigenvalue weighted by Gasteiger charge is -2.10. The van der Waals surface area contributed by atoms with Crippen LogP contribution in [-0.4, -0.2) is 11.0 Å². The van der Waals surface area contributed by atoms with Crippen LogP contribution in [0.5, 0.6) is 5.75 Å². The van der Waals surface area contributed by atoms with E-state index in [1.54, 1.807) is 6.07 Å². The molecule has 0 spiro atoms. The molecule has 0 aliphatic rings. The number of hydrogen-bond donors (Lipinski definition) is 2. The summed E-state index contributed by atoms with van der Waals surface area (Å²) >= 11 is 1.49. The average molecular weight is 417 g/mol. The van der Waals surface area contributed by atoms with Crippen molar-refractivity contribution in [2.45, 2.75) is 20.5 Å². The lowest BCUT2D eigenvalue weighted by atomic mass is 10.1. The molecule has 3 aromatic rings. The molecular formula is C22H18F3NO2S. The topological polar surface area (TPSA) is 49.3 Å². The molecule has 29 heavy (non-hydrogen) atoms. The van der Waals surface area contributed by atoms with Crippen molar-refractivity contribution in [3.05, 3.63) is 81.0 Å². The van der Waals surface area contributed by atoms with Crippen molar-refractivity contribution in [1.29, 1.82) is 0 Å². The zero-order valence-electron chi connectivity index (χ0n) is 14.6. The van der Waals surface area contributed by atoms with Crippen molar-refractivity contribution in [2.24, 2.45) is 0 Å². The van der Waals surface area contributed by atoms with Crippen LogP contribution in [0.4, 0.5) is 18.9 Å². The lowest BCUT2D eigenvalue weighted by Crippen LogP contribution is -2.13. The van der Waals surface area contributed by atoms with Gasteiger partial charge in [0.1, 0.15) is 5.75 Å². The Bertz CT molecular complexity index is 1090. The van der Waals surface area contributed by atoms with E-state index < -0.39 is 17.6 Å². The van der Waals surface area contributed by atoms with Crippen LogP contribution in [0.3, 0.4) is 0 Å². The molecule has 3 nitrogen and oxygen atoms in total. The van der Waals surface area contributed by atoms with Crippen LogP contribution >= 0.6 is 11.3 Å². The third kappa shape index (κ3) is 5.62. The van der Waals surface area contributed by atoms with Gasteiger partial charge >= 0.3 is 6.18 Å². The van der Waals surface area contributed by atoms with Gasteiger partial charge < -0.3 is 10.4 Å². The number of aromatic hydroxyl groups is 1. The number of anilines is 1. The number of carbonyl (C=O) groups is 1. The monoisotopic (exact) mass is 417 g/mol. The van der Waals surface area contributed by atoms with E-state index in [2.05, 4.69) is 17.2 Å². The predicted molar refractivity (Wildman–Crippen MR) is 109 cm³/mol. The van der Waals surface area contributed by atoms with Crippen LogP contribution < -0.4 is 5.32 Å². The van der Waals surface area contributed by atoms with E-state index in [1.165, 1.54) is 35.6 Å². The fourth-order valence-corrected chi connectivity index (χ4v) is 3.14. The molecule has 0 unspecified atom stereocenters. The molecule has 0 saturated carbocycles. The van der Waals surface area contributed by atoms with E-state index in [-0.39, 0.29) is 24.4 Å². The van der Waals surface area contributed by atoms with Gasteiger partial charge in [0.25, 0.3) is 5.91 Å². The van der Waals surface area contributed by atoms with Gasteiger partial charge in [-0.2, -0.15) is 13.2 Å². The molecule has 0 saturated heterocycles. The van der Waals surface area contributed by atoms with Crippen LogP contribution in [0.15, 0.2) is 53.9 Å². The van der Waals surface area contributed by atoms with Gasteiger partial charge in [0.05, 0.1) is 16.0 Å². The molecule has 1 amide bonds. The summed E-state index contributed by atoms with van der Waals surface area (Å²) in [6.45, 7) is 1.96. The highest BCUT2D eigenvalue weighted by molar-refractivity contribution is 7.10. The average Bonchev–Trinajstić information content (AvgIpc) is 3.06. The second-order valence-electron chi connectivity index (χ2n) is 6.00. The van der Waals surface area contributed by atoms with Gasteiger partial charge in [-0.3, -0.25) is 4.79 Å². The minimum absolute atomic E-state index is 0. The zero-order valence-corrected chi connectivity index (χ0v) is 15.4. The van der Waals surface area contributed by atoms with Crippen LogP contribution in [0.25, 0.3) is 0 Å². The second kappa shape index (κ2) is 8.84. The maximum absolute atomic E-state index is 12.8. The Morgan fingerprint density at radius 2 is 1.86 bits per heavy atom. The van der Waals surface area contributed by atoms with Gasteiger partial charge in [-0.05, 0) is 60.3 Å². The van der Waals surface area contributed by atoms with Gasteiger partial charge in [-0.25, -0.2) is 0 Å². The third-order valence-corrected chi connectivity index (χ3v) is 4.71. The quantitative estimate of drug-likeness (QED) is 0.497. The van der Waals surface area contributed by atoms with Crippen molar-refractivity contribution in [3.63, 3.8) is 0 Å². The summed E-state index contributed by atoms with van der Waals surface area (Å²) in [6.07, 6.45) is -4.52. The number of rotatable bonds is 2. The summed E-state index contributed by atoms with van der Waals surface area (Å²) in [4.78, 5) is 13.3. The van der Waals surface area contributed by atoms with Crippen molar-refractivity contribution >= 4 is 22.9 Å². The van der Waals surface area contributed by atoms with Crippen molar-refractivity contribution in [3.8, 4) is 17.6 Å². The maximum atomic E-state index is 12.8. The highest BCUT2D eigenvalue weighted by atomic mass is 32.1. The van der Waals surface area contributed by atoms with Gasteiger partial charge in [-0.1, -0.05) is 25.3 Å². The molecule has 0 bridgehead atoms. The number of benzene rings is 2. The summed E-state index contributed by atoms with van der Waals surface area (Å²) in [7, 11) is 0. The molecule has 0 radical (unpaired) electrons. The Morgan fingerprint density at radius 1 is 1.10 bits per heavy atom. The normalized spacial score (nSPS) is 10.5. The number of carbonyl (C=O) groups excluding carboxylic acids is 1. The van der Waals surface area contributed by atoms with E-state index in [1.807, 2.05) is 18.4 Å². The Morgan fingerprint density at radius 3 is 2.52 bits per heavy atom. The Balaban J connectivity index is 0.00000300. The molecule has 1 aromatic heterocycles. The van der Waals surface area contributed by atoms with E-state index in [0.29, 0.717) is 5.56 Å². The highest BCUT2D eigenvalue weighted by Crippen LogP contribution is 2.31. The van der Waals surface area contributed by atoms with Gasteiger partial charge in [0.15, 0.2) is 0 Å². The molecule has 3 rings (SSSR count). The fraction of sp³-hybridized carbons (Fsp3) is 0.136. The van der Waals surface area contributed by atoms with Crippen LogP contribution in [0.2, 0.25) is 0 Å². The highest BCUT2D eigenvalue weighted by Gasteiger charge is 2.30. The molecule has 1 heterocycles. The van der Waals surface area contributed by atoms with Crippen molar-refractivity contribution in [2.75, 3.05) is 5.32 Å². The second-order valence-corrected chi connectivity index (χ2v) is 6.91. The first-order valence-corrected chi connectivity index (χ1v) is 8.99. The van der Waals surface area contributed by atoms with Gasteiger partial charge in [0, 0.05) is 11.3 Å². The van der Waals surface area contributed by atoms with E-state index in [4.69, 9.17) is 0 Å². The smallest absolute Gasteiger partial charge is 0.416 e. The molecule has 0 atom stereocenters. The summed E-state index contributed by atoms with van der Waals surface area (Å²) < 4.78 is 38.4. The Kier molecular flexibility index (Phi) is 6.72. The SMILES string of the molecule is C.Cc1csc(C#Cc2ccc(O)c(C(=O)Nc3cccc(C(F)(F)F)c3)c2)c1. The number of aryl methyl sites for hydroxylation is 1. The van der Waals surface area contributed by atoms with Gasteiger partial charge in [0.2, 0.25) is 0 Å². The van der Waals surface area contributed by atoms with Crippen molar-refractivity contribution < 1.29 is 23.1 Å². The summed E-state index contributed by atoms with van der Waals surface area (Å²) in [6, 6.07) is 10.5. The predicted octanol–water partition coefficient (Wildman–Crippen LogP) is 6.07. The largest absolute Gasteiger partial charge is 0.507 e. The molecule has 0 aliphatic heterocycles. The van der Waals surface area contributed by atoms with Crippen LogP contribution in [0, 0.1) is 18.8 Å². The maximum Gasteiger partial charge on any atom is 0.416 e. The molecule has 150 valence electrons. The fourth-order valence-electron chi connectivity index (χ4n) is 2.40. The minimum atomic E-state index is -4.52. The standard InChI is InChI=1S/C21H14F3NO2S.CH4/c1-13-9-17(28-12-13)7-5-14-6-8-19(26)18(10-14)20(27)25-16-4-2-3-15(11-16)21(22,23)24;/h2-4,6,8-12,26H,1H3,(H,25,27);1H4. The third-order valence-electron chi connectivity index (χ3n) is 3.75. The minimum Gasteiger partial charge on any atom is -0.507 e. The van der Waals surface area contributed by atoms with Crippen LogP contribution in [-0.2, 0) is 6.18 Å². The number of nitrogens with one attached hydrogen (secondary N) is 1.